The molecule has 0 unspecified atom stereocenters. The van der Waals surface area contributed by atoms with Gasteiger partial charge in [0, 0.05) is 23.7 Å². The average molecular weight is 382 g/mol. The van der Waals surface area contributed by atoms with Crippen LogP contribution in [0.2, 0.25) is 0 Å². The first-order valence-electron chi connectivity index (χ1n) is 9.37. The summed E-state index contributed by atoms with van der Waals surface area (Å²) in [6, 6.07) is 11.6. The zero-order valence-electron chi connectivity index (χ0n) is 16.8. The Morgan fingerprint density at radius 1 is 1.21 bits per heavy atom. The second kappa shape index (κ2) is 8.84. The summed E-state index contributed by atoms with van der Waals surface area (Å²) in [6.45, 7) is 5.04. The van der Waals surface area contributed by atoms with Crippen LogP contribution in [-0.2, 0) is 16.1 Å². The standard InChI is InChI=1S/C21H26N4O3/c1-5-27-19(26)14-25-21-18(7-6-12-22-21)20(23-25)16-8-10-17(11-9-16)28-15(2)13-24(3)4/h6-12,15H,5,13-14H2,1-4H3/t15-/m0/s1. The molecule has 1 aromatic carbocycles. The van der Waals surface area contributed by atoms with E-state index in [1.54, 1.807) is 17.8 Å². The zero-order valence-corrected chi connectivity index (χ0v) is 16.8. The van der Waals surface area contributed by atoms with Crippen LogP contribution in [0.4, 0.5) is 0 Å². The van der Waals surface area contributed by atoms with Crippen molar-refractivity contribution in [1.29, 1.82) is 0 Å². The van der Waals surface area contributed by atoms with Crippen LogP contribution >= 0.6 is 0 Å². The van der Waals surface area contributed by atoms with Gasteiger partial charge in [0.2, 0.25) is 0 Å². The highest BCUT2D eigenvalue weighted by atomic mass is 16.5. The molecular formula is C21H26N4O3. The molecule has 0 saturated carbocycles. The Bertz CT molecular complexity index is 934. The second-order valence-electron chi connectivity index (χ2n) is 6.90. The van der Waals surface area contributed by atoms with Gasteiger partial charge in [-0.3, -0.25) is 4.79 Å². The van der Waals surface area contributed by atoms with Gasteiger partial charge in [-0.2, -0.15) is 5.10 Å². The smallest absolute Gasteiger partial charge is 0.327 e. The molecule has 1 atom stereocenters. The van der Waals surface area contributed by atoms with Gasteiger partial charge in [-0.1, -0.05) is 0 Å². The topological polar surface area (TPSA) is 69.5 Å². The van der Waals surface area contributed by atoms with Crippen molar-refractivity contribution in [3.05, 3.63) is 42.6 Å². The fourth-order valence-corrected chi connectivity index (χ4v) is 3.14. The van der Waals surface area contributed by atoms with E-state index in [1.807, 2.05) is 57.4 Å². The van der Waals surface area contributed by atoms with Crippen molar-refractivity contribution in [2.24, 2.45) is 0 Å². The van der Waals surface area contributed by atoms with Crippen molar-refractivity contribution in [2.45, 2.75) is 26.5 Å². The van der Waals surface area contributed by atoms with Crippen LogP contribution < -0.4 is 4.74 Å². The van der Waals surface area contributed by atoms with Crippen LogP contribution in [0.25, 0.3) is 22.3 Å². The van der Waals surface area contributed by atoms with E-state index in [4.69, 9.17) is 9.47 Å². The minimum atomic E-state index is -0.331. The first-order chi connectivity index (χ1) is 13.5. The maximum atomic E-state index is 11.9. The first kappa shape index (κ1) is 19.8. The van der Waals surface area contributed by atoms with Gasteiger partial charge in [0.1, 0.15) is 24.1 Å². The summed E-state index contributed by atoms with van der Waals surface area (Å²) in [5, 5.41) is 5.51. The highest BCUT2D eigenvalue weighted by Gasteiger charge is 2.16. The van der Waals surface area contributed by atoms with Gasteiger partial charge in [0.05, 0.1) is 6.61 Å². The number of hydrogen-bond donors (Lipinski definition) is 0. The molecule has 2 aromatic heterocycles. The first-order valence-corrected chi connectivity index (χ1v) is 9.37. The number of hydrogen-bond acceptors (Lipinski definition) is 6. The number of carbonyl (C=O) groups is 1. The van der Waals surface area contributed by atoms with Gasteiger partial charge >= 0.3 is 5.97 Å². The van der Waals surface area contributed by atoms with Gasteiger partial charge in [-0.25, -0.2) is 9.67 Å². The van der Waals surface area contributed by atoms with E-state index in [0.717, 1.165) is 28.9 Å². The number of aromatic nitrogens is 3. The lowest BCUT2D eigenvalue weighted by Gasteiger charge is -2.18. The molecule has 0 fully saturated rings. The second-order valence-corrected chi connectivity index (χ2v) is 6.90. The Balaban J connectivity index is 1.86. The molecule has 0 aliphatic heterocycles. The van der Waals surface area contributed by atoms with Crippen LogP contribution in [-0.4, -0.2) is 59.0 Å². The summed E-state index contributed by atoms with van der Waals surface area (Å²) in [6.07, 6.45) is 1.79. The van der Waals surface area contributed by atoms with Crippen molar-refractivity contribution < 1.29 is 14.3 Å². The predicted octanol–water partition coefficient (Wildman–Crippen LogP) is 2.99. The third kappa shape index (κ3) is 4.67. The molecule has 148 valence electrons. The fourth-order valence-electron chi connectivity index (χ4n) is 3.14. The van der Waals surface area contributed by atoms with Gasteiger partial charge in [-0.15, -0.1) is 0 Å². The van der Waals surface area contributed by atoms with Crippen LogP contribution in [0.5, 0.6) is 5.75 Å². The maximum absolute atomic E-state index is 11.9. The lowest BCUT2D eigenvalue weighted by atomic mass is 10.1. The SMILES string of the molecule is CCOC(=O)Cn1nc(-c2ccc(O[C@@H](C)CN(C)C)cc2)c2cccnc21. The van der Waals surface area contributed by atoms with E-state index >= 15 is 0 Å². The molecule has 0 aliphatic carbocycles. The Kier molecular flexibility index (Phi) is 6.26. The Morgan fingerprint density at radius 3 is 2.64 bits per heavy atom. The largest absolute Gasteiger partial charge is 0.489 e. The summed E-state index contributed by atoms with van der Waals surface area (Å²) in [5.74, 6) is 0.481. The molecule has 28 heavy (non-hydrogen) atoms. The number of carbonyl (C=O) groups excluding carboxylic acids is 1. The van der Waals surface area contributed by atoms with E-state index in [9.17, 15) is 4.79 Å². The van der Waals surface area contributed by atoms with E-state index in [2.05, 4.69) is 15.0 Å². The molecule has 3 aromatic rings. The number of rotatable bonds is 8. The maximum Gasteiger partial charge on any atom is 0.327 e. The molecule has 0 aliphatic rings. The molecule has 0 N–H and O–H groups in total. The summed E-state index contributed by atoms with van der Waals surface area (Å²) < 4.78 is 12.6. The predicted molar refractivity (Wildman–Crippen MR) is 108 cm³/mol. The minimum absolute atomic E-state index is 0.0323. The third-order valence-corrected chi connectivity index (χ3v) is 4.18. The molecule has 2 heterocycles. The molecule has 3 rings (SSSR count). The molecule has 7 heteroatoms. The summed E-state index contributed by atoms with van der Waals surface area (Å²) in [7, 11) is 4.05. The number of esters is 1. The summed E-state index contributed by atoms with van der Waals surface area (Å²) in [5.41, 5.74) is 2.37. The van der Waals surface area contributed by atoms with Crippen LogP contribution in [0.3, 0.4) is 0 Å². The van der Waals surface area contributed by atoms with Crippen LogP contribution in [0.15, 0.2) is 42.6 Å². The van der Waals surface area contributed by atoms with Gasteiger partial charge in [0.25, 0.3) is 0 Å². The quantitative estimate of drug-likeness (QED) is 0.558. The summed E-state index contributed by atoms with van der Waals surface area (Å²) in [4.78, 5) is 18.4. The highest BCUT2D eigenvalue weighted by molar-refractivity contribution is 5.91. The number of ether oxygens (including phenoxy) is 2. The molecular weight excluding hydrogens is 356 g/mol. The van der Waals surface area contributed by atoms with Crippen molar-refractivity contribution >= 4 is 17.0 Å². The number of benzene rings is 1. The molecule has 0 saturated heterocycles. The van der Waals surface area contributed by atoms with E-state index in [1.165, 1.54) is 0 Å². The Morgan fingerprint density at radius 2 is 1.96 bits per heavy atom. The molecule has 0 amide bonds. The lowest BCUT2D eigenvalue weighted by Crippen LogP contribution is -2.27. The Hall–Kier alpha value is -2.93. The molecule has 0 spiro atoms. The lowest BCUT2D eigenvalue weighted by molar-refractivity contribution is -0.143. The van der Waals surface area contributed by atoms with E-state index in [0.29, 0.717) is 12.3 Å². The van der Waals surface area contributed by atoms with Gasteiger partial charge < -0.3 is 14.4 Å². The normalized spacial score (nSPS) is 12.3. The van der Waals surface area contributed by atoms with Crippen molar-refractivity contribution in [3.63, 3.8) is 0 Å². The average Bonchev–Trinajstić information content (AvgIpc) is 3.00. The minimum Gasteiger partial charge on any atom is -0.489 e. The zero-order chi connectivity index (χ0) is 20.1. The third-order valence-electron chi connectivity index (χ3n) is 4.18. The van der Waals surface area contributed by atoms with Crippen molar-refractivity contribution in [2.75, 3.05) is 27.2 Å². The Labute approximate surface area is 164 Å². The van der Waals surface area contributed by atoms with Crippen LogP contribution in [0, 0.1) is 0 Å². The molecule has 0 radical (unpaired) electrons. The number of likely N-dealkylation sites (N-methyl/N-ethyl adjacent to an activating group) is 1. The van der Waals surface area contributed by atoms with E-state index in [-0.39, 0.29) is 18.6 Å². The number of fused-ring (bicyclic) bond motifs is 1. The monoisotopic (exact) mass is 382 g/mol. The molecule has 0 bridgehead atoms. The highest BCUT2D eigenvalue weighted by Crippen LogP contribution is 2.28. The van der Waals surface area contributed by atoms with Gasteiger partial charge in [-0.05, 0) is 64.3 Å². The van der Waals surface area contributed by atoms with E-state index < -0.39 is 0 Å². The molecule has 7 nitrogen and oxygen atoms in total. The number of nitrogens with zero attached hydrogens (tertiary/aromatic N) is 4. The fraction of sp³-hybridized carbons (Fsp3) is 0.381. The van der Waals surface area contributed by atoms with Crippen molar-refractivity contribution in [1.82, 2.24) is 19.7 Å². The summed E-state index contributed by atoms with van der Waals surface area (Å²) >= 11 is 0. The van der Waals surface area contributed by atoms with Crippen LogP contribution in [0.1, 0.15) is 13.8 Å². The van der Waals surface area contributed by atoms with Gasteiger partial charge in [0.15, 0.2) is 5.65 Å². The van der Waals surface area contributed by atoms with Crippen molar-refractivity contribution in [3.8, 4) is 17.0 Å². The number of pyridine rings is 1.